The van der Waals surface area contributed by atoms with Gasteiger partial charge in [0.15, 0.2) is 5.11 Å². The number of benzene rings is 2. The van der Waals surface area contributed by atoms with Crippen LogP contribution in [0, 0.1) is 41.5 Å². The highest BCUT2D eigenvalue weighted by Gasteiger charge is 2.41. The number of thiocarbonyl (C=S) groups is 1. The summed E-state index contributed by atoms with van der Waals surface area (Å²) < 4.78 is 2.36. The second-order valence-corrected chi connectivity index (χ2v) is 11.3. The highest BCUT2D eigenvalue weighted by atomic mass is 32.1. The fourth-order valence-electron chi connectivity index (χ4n) is 6.02. The Kier molecular flexibility index (Phi) is 7.76. The molecule has 7 heteroatoms. The van der Waals surface area contributed by atoms with Crippen LogP contribution in [0.2, 0.25) is 0 Å². The highest BCUT2D eigenvalue weighted by molar-refractivity contribution is 7.80. The fourth-order valence-corrected chi connectivity index (χ4v) is 6.36. The zero-order valence-corrected chi connectivity index (χ0v) is 24.9. The molecule has 4 aromatic rings. The third kappa shape index (κ3) is 5.39. The monoisotopic (exact) mass is 551 g/mol. The molecule has 0 radical (unpaired) electrons. The molecule has 0 aliphatic carbocycles. The molecule has 2 N–H and O–H groups in total. The number of pyridine rings is 1. The molecule has 40 heavy (non-hydrogen) atoms. The van der Waals surface area contributed by atoms with Gasteiger partial charge >= 0.3 is 0 Å². The van der Waals surface area contributed by atoms with Gasteiger partial charge in [0, 0.05) is 36.2 Å². The number of nitrogens with zero attached hydrogens (tertiary/aromatic N) is 3. The second-order valence-electron chi connectivity index (χ2n) is 10.9. The van der Waals surface area contributed by atoms with Crippen LogP contribution in [0.15, 0.2) is 66.9 Å². The number of anilines is 1. The van der Waals surface area contributed by atoms with Gasteiger partial charge in [0.1, 0.15) is 0 Å². The molecule has 5 rings (SSSR count). The van der Waals surface area contributed by atoms with Gasteiger partial charge in [0.2, 0.25) is 5.91 Å². The smallest absolute Gasteiger partial charge is 0.226 e. The maximum Gasteiger partial charge on any atom is 0.226 e. The summed E-state index contributed by atoms with van der Waals surface area (Å²) >= 11 is 5.87. The Balaban J connectivity index is 1.50. The van der Waals surface area contributed by atoms with Gasteiger partial charge in [0.25, 0.3) is 0 Å². The Morgan fingerprint density at radius 2 is 1.65 bits per heavy atom. The first-order chi connectivity index (χ1) is 19.1. The molecule has 0 unspecified atom stereocenters. The van der Waals surface area contributed by atoms with Crippen molar-refractivity contribution in [1.82, 2.24) is 19.8 Å². The maximum absolute atomic E-state index is 13.0. The lowest BCUT2D eigenvalue weighted by molar-refractivity contribution is -0.116. The summed E-state index contributed by atoms with van der Waals surface area (Å²) in [5.74, 6) is -0.0388. The summed E-state index contributed by atoms with van der Waals surface area (Å²) in [5, 5.41) is 7.19. The summed E-state index contributed by atoms with van der Waals surface area (Å²) in [7, 11) is 0. The van der Waals surface area contributed by atoms with Crippen molar-refractivity contribution in [2.75, 3.05) is 11.9 Å². The summed E-state index contributed by atoms with van der Waals surface area (Å²) in [5.41, 5.74) is 11.4. The number of rotatable bonds is 7. The summed E-state index contributed by atoms with van der Waals surface area (Å²) in [6.45, 7) is 13.4. The lowest BCUT2D eigenvalue weighted by atomic mass is 9.96. The summed E-state index contributed by atoms with van der Waals surface area (Å²) in [6, 6.07) is 20.3. The number of aryl methyl sites for hydroxylation is 5. The SMILES string of the molecule is Cc1ccc(NC(=O)CCN2C(=S)N[C@@H](c3ccccn3)[C@H]2c2cc(C)n(-c3c(C)cc(C)cc3C)c2C)cc1. The van der Waals surface area contributed by atoms with Crippen LogP contribution in [0.4, 0.5) is 5.69 Å². The number of nitrogens with one attached hydrogen (secondary N) is 2. The number of hydrogen-bond donors (Lipinski definition) is 2. The van der Waals surface area contributed by atoms with Gasteiger partial charge in [-0.05, 0) is 101 Å². The standard InChI is InChI=1S/C33H37N5OS/c1-20-10-12-26(13-11-20)35-29(39)14-16-37-32(30(36-33(37)40)28-9-7-8-15-34-28)27-19-24(5)38(25(27)6)31-22(3)17-21(2)18-23(31)4/h7-13,15,17-19,30,32H,14,16H2,1-6H3,(H,35,39)(H,36,40)/t30-,32+/m0/s1. The molecule has 1 saturated heterocycles. The second kappa shape index (κ2) is 11.3. The first-order valence-electron chi connectivity index (χ1n) is 13.8. The van der Waals surface area contributed by atoms with E-state index in [1.807, 2.05) is 55.6 Å². The van der Waals surface area contributed by atoms with E-state index in [1.165, 1.54) is 33.6 Å². The molecule has 0 saturated carbocycles. The Labute approximate surface area is 242 Å². The van der Waals surface area contributed by atoms with Crippen LogP contribution in [0.5, 0.6) is 0 Å². The van der Waals surface area contributed by atoms with Crippen LogP contribution in [0.3, 0.4) is 0 Å². The molecule has 1 aliphatic rings. The van der Waals surface area contributed by atoms with E-state index in [2.05, 4.69) is 77.9 Å². The van der Waals surface area contributed by atoms with E-state index in [4.69, 9.17) is 12.2 Å². The quantitative estimate of drug-likeness (QED) is 0.250. The third-order valence-electron chi connectivity index (χ3n) is 7.76. The van der Waals surface area contributed by atoms with Crippen LogP contribution >= 0.6 is 12.2 Å². The van der Waals surface area contributed by atoms with Gasteiger partial charge in [-0.25, -0.2) is 0 Å². The van der Waals surface area contributed by atoms with Gasteiger partial charge in [-0.15, -0.1) is 0 Å². The van der Waals surface area contributed by atoms with Crippen molar-refractivity contribution < 1.29 is 4.79 Å². The molecule has 2 atom stereocenters. The highest BCUT2D eigenvalue weighted by Crippen LogP contribution is 2.42. The van der Waals surface area contributed by atoms with E-state index in [0.717, 1.165) is 22.6 Å². The number of carbonyl (C=O) groups is 1. The first kappa shape index (κ1) is 27.6. The summed E-state index contributed by atoms with van der Waals surface area (Å²) in [6.07, 6.45) is 2.13. The molecule has 6 nitrogen and oxygen atoms in total. The fraction of sp³-hybridized carbons (Fsp3) is 0.303. The van der Waals surface area contributed by atoms with E-state index >= 15 is 0 Å². The molecule has 1 amide bonds. The molecule has 0 bridgehead atoms. The lowest BCUT2D eigenvalue weighted by Gasteiger charge is -2.28. The van der Waals surface area contributed by atoms with E-state index in [1.54, 1.807) is 0 Å². The molecule has 0 spiro atoms. The first-order valence-corrected chi connectivity index (χ1v) is 14.2. The zero-order chi connectivity index (χ0) is 28.6. The van der Waals surface area contributed by atoms with Crippen LogP contribution in [0.1, 0.15) is 63.4 Å². The number of aromatic nitrogens is 2. The third-order valence-corrected chi connectivity index (χ3v) is 8.11. The molecule has 2 aromatic carbocycles. The molecule has 2 aromatic heterocycles. The van der Waals surface area contributed by atoms with Gasteiger partial charge in [-0.2, -0.15) is 0 Å². The van der Waals surface area contributed by atoms with Crippen molar-refractivity contribution in [3.05, 3.63) is 112 Å². The Bertz CT molecular complexity index is 1530. The molecular formula is C33H37N5OS. The van der Waals surface area contributed by atoms with Crippen LogP contribution < -0.4 is 10.6 Å². The topological polar surface area (TPSA) is 62.2 Å². The van der Waals surface area contributed by atoms with Crippen LogP contribution in [-0.4, -0.2) is 32.0 Å². The Morgan fingerprint density at radius 3 is 2.30 bits per heavy atom. The van der Waals surface area contributed by atoms with E-state index in [0.29, 0.717) is 18.1 Å². The molecule has 1 fully saturated rings. The zero-order valence-electron chi connectivity index (χ0n) is 24.1. The van der Waals surface area contributed by atoms with Crippen LogP contribution in [0.25, 0.3) is 5.69 Å². The molecule has 1 aliphatic heterocycles. The predicted molar refractivity (Wildman–Crippen MR) is 166 cm³/mol. The predicted octanol–water partition coefficient (Wildman–Crippen LogP) is 6.72. The average Bonchev–Trinajstić information content (AvgIpc) is 3.39. The van der Waals surface area contributed by atoms with Crippen molar-refractivity contribution in [3.63, 3.8) is 0 Å². The minimum atomic E-state index is -0.136. The molecule has 3 heterocycles. The minimum Gasteiger partial charge on any atom is -0.352 e. The van der Waals surface area contributed by atoms with Gasteiger partial charge in [-0.1, -0.05) is 41.5 Å². The van der Waals surface area contributed by atoms with Crippen molar-refractivity contribution in [1.29, 1.82) is 0 Å². The van der Waals surface area contributed by atoms with Crippen LogP contribution in [-0.2, 0) is 4.79 Å². The molecular weight excluding hydrogens is 514 g/mol. The largest absolute Gasteiger partial charge is 0.352 e. The summed E-state index contributed by atoms with van der Waals surface area (Å²) in [4.78, 5) is 19.8. The lowest BCUT2D eigenvalue weighted by Crippen LogP contribution is -2.32. The van der Waals surface area contributed by atoms with E-state index in [-0.39, 0.29) is 18.0 Å². The molecule has 206 valence electrons. The van der Waals surface area contributed by atoms with Crippen molar-refractivity contribution in [2.24, 2.45) is 0 Å². The average molecular weight is 552 g/mol. The Hall–Kier alpha value is -3.97. The van der Waals surface area contributed by atoms with E-state index in [9.17, 15) is 4.79 Å². The van der Waals surface area contributed by atoms with E-state index < -0.39 is 0 Å². The van der Waals surface area contributed by atoms with Crippen molar-refractivity contribution in [2.45, 2.75) is 60.0 Å². The number of hydrogen-bond acceptors (Lipinski definition) is 3. The van der Waals surface area contributed by atoms with Gasteiger partial charge < -0.3 is 20.1 Å². The normalized spacial score (nSPS) is 16.8. The van der Waals surface area contributed by atoms with Crippen molar-refractivity contribution >= 4 is 28.9 Å². The van der Waals surface area contributed by atoms with Crippen molar-refractivity contribution in [3.8, 4) is 5.69 Å². The number of carbonyl (C=O) groups excluding carboxylic acids is 1. The minimum absolute atomic E-state index is 0.0388. The maximum atomic E-state index is 13.0. The Morgan fingerprint density at radius 1 is 0.950 bits per heavy atom. The van der Waals surface area contributed by atoms with Gasteiger partial charge in [0.05, 0.1) is 23.5 Å². The number of amides is 1. The van der Waals surface area contributed by atoms with Gasteiger partial charge in [-0.3, -0.25) is 9.78 Å².